The molecular weight excluding hydrogens is 202 g/mol. The topological polar surface area (TPSA) is 75.1 Å². The Bertz CT molecular complexity index is 488. The molecule has 2 unspecified atom stereocenters. The Labute approximate surface area is 92.8 Å². The average Bonchev–Trinajstić information content (AvgIpc) is 2.75. The zero-order chi connectivity index (χ0) is 11.0. The van der Waals surface area contributed by atoms with Crippen LogP contribution in [0.4, 0.5) is 0 Å². The summed E-state index contributed by atoms with van der Waals surface area (Å²) in [5, 5.41) is 4.29. The molecule has 16 heavy (non-hydrogen) atoms. The minimum Gasteiger partial charge on any atom is -0.386 e. The van der Waals surface area contributed by atoms with Gasteiger partial charge in [-0.15, -0.1) is 0 Å². The Morgan fingerprint density at radius 2 is 2.00 bits per heavy atom. The molecule has 0 bridgehead atoms. The van der Waals surface area contributed by atoms with Crippen molar-refractivity contribution in [2.45, 2.75) is 6.17 Å². The van der Waals surface area contributed by atoms with Crippen LogP contribution in [0.25, 0.3) is 0 Å². The third-order valence-electron chi connectivity index (χ3n) is 2.75. The highest BCUT2D eigenvalue weighted by molar-refractivity contribution is 6.17. The summed E-state index contributed by atoms with van der Waals surface area (Å²) in [4.78, 5) is 8.23. The Hall–Kier alpha value is -2.17. The van der Waals surface area contributed by atoms with Gasteiger partial charge in [0, 0.05) is 0 Å². The standard InChI is InChI=1S/C11H11N5/c12-10-8-9(7-4-2-1-3-5-7)15-16-11(8)14-6-13-10/h1-6,8,11,16H,(H2,12,13,14). The molecule has 80 valence electrons. The van der Waals surface area contributed by atoms with Gasteiger partial charge in [-0.3, -0.25) is 5.43 Å². The molecule has 0 saturated carbocycles. The highest BCUT2D eigenvalue weighted by atomic mass is 15.4. The van der Waals surface area contributed by atoms with Crippen molar-refractivity contribution in [1.29, 1.82) is 0 Å². The number of nitrogens with two attached hydrogens (primary N) is 1. The maximum Gasteiger partial charge on any atom is 0.151 e. The van der Waals surface area contributed by atoms with Crippen LogP contribution in [0, 0.1) is 5.92 Å². The normalized spacial score (nSPS) is 26.8. The molecule has 0 spiro atoms. The molecule has 0 saturated heterocycles. The van der Waals surface area contributed by atoms with E-state index in [2.05, 4.69) is 20.5 Å². The fraction of sp³-hybridized carbons (Fsp3) is 0.182. The van der Waals surface area contributed by atoms with Crippen LogP contribution in [-0.4, -0.2) is 24.1 Å². The van der Waals surface area contributed by atoms with E-state index >= 15 is 0 Å². The van der Waals surface area contributed by atoms with Crippen LogP contribution in [0.15, 0.2) is 45.4 Å². The van der Waals surface area contributed by atoms with E-state index in [1.54, 1.807) is 0 Å². The van der Waals surface area contributed by atoms with E-state index in [1.807, 2.05) is 30.3 Å². The van der Waals surface area contributed by atoms with Crippen LogP contribution in [0.2, 0.25) is 0 Å². The number of hydrogen-bond acceptors (Lipinski definition) is 5. The molecule has 3 N–H and O–H groups in total. The van der Waals surface area contributed by atoms with Crippen LogP contribution >= 0.6 is 0 Å². The number of amidine groups is 1. The van der Waals surface area contributed by atoms with Crippen LogP contribution in [0.5, 0.6) is 0 Å². The molecule has 0 fully saturated rings. The summed E-state index contributed by atoms with van der Waals surface area (Å²) in [6.07, 6.45) is 1.38. The van der Waals surface area contributed by atoms with E-state index in [0.717, 1.165) is 11.3 Å². The molecule has 0 amide bonds. The SMILES string of the molecule is NC1=NC=NC2NN=C(c3ccccc3)C12. The Morgan fingerprint density at radius 1 is 1.19 bits per heavy atom. The van der Waals surface area contributed by atoms with Gasteiger partial charge < -0.3 is 5.73 Å². The minimum absolute atomic E-state index is 0.0487. The molecule has 1 aromatic rings. The quantitative estimate of drug-likeness (QED) is 0.705. The summed E-state index contributed by atoms with van der Waals surface area (Å²) in [6.45, 7) is 0. The van der Waals surface area contributed by atoms with Crippen molar-refractivity contribution in [2.75, 3.05) is 0 Å². The summed E-state index contributed by atoms with van der Waals surface area (Å²) in [5.41, 5.74) is 10.8. The predicted octanol–water partition coefficient (Wildman–Crippen LogP) is 0.335. The molecule has 0 aromatic heterocycles. The van der Waals surface area contributed by atoms with Gasteiger partial charge >= 0.3 is 0 Å². The largest absolute Gasteiger partial charge is 0.386 e. The molecule has 0 radical (unpaired) electrons. The van der Waals surface area contributed by atoms with E-state index in [9.17, 15) is 0 Å². The molecule has 1 aromatic carbocycles. The first-order valence-corrected chi connectivity index (χ1v) is 5.09. The number of fused-ring (bicyclic) bond motifs is 1. The molecule has 2 atom stereocenters. The number of aliphatic imine (C=N–C) groups is 2. The number of hydrogen-bond donors (Lipinski definition) is 2. The summed E-state index contributed by atoms with van der Waals surface area (Å²) >= 11 is 0. The predicted molar refractivity (Wildman–Crippen MR) is 63.5 cm³/mol. The molecule has 2 heterocycles. The van der Waals surface area contributed by atoms with Gasteiger partial charge in [0.05, 0.1) is 5.71 Å². The molecule has 5 nitrogen and oxygen atoms in total. The first-order valence-electron chi connectivity index (χ1n) is 5.09. The van der Waals surface area contributed by atoms with Gasteiger partial charge in [-0.25, -0.2) is 9.98 Å². The van der Waals surface area contributed by atoms with Gasteiger partial charge in [0.25, 0.3) is 0 Å². The van der Waals surface area contributed by atoms with E-state index in [-0.39, 0.29) is 12.1 Å². The summed E-state index contributed by atoms with van der Waals surface area (Å²) < 4.78 is 0. The first kappa shape index (κ1) is 9.08. The maximum atomic E-state index is 5.89. The van der Waals surface area contributed by atoms with Crippen molar-refractivity contribution < 1.29 is 0 Å². The maximum absolute atomic E-state index is 5.89. The summed E-state index contributed by atoms with van der Waals surface area (Å²) in [6, 6.07) is 9.94. The monoisotopic (exact) mass is 213 g/mol. The van der Waals surface area contributed by atoms with Crippen molar-refractivity contribution >= 4 is 17.9 Å². The highest BCUT2D eigenvalue weighted by Crippen LogP contribution is 2.21. The molecule has 0 aliphatic carbocycles. The van der Waals surface area contributed by atoms with Crippen molar-refractivity contribution in [3.63, 3.8) is 0 Å². The lowest BCUT2D eigenvalue weighted by molar-refractivity contribution is 0.561. The Morgan fingerprint density at radius 3 is 2.81 bits per heavy atom. The van der Waals surface area contributed by atoms with E-state index in [0.29, 0.717) is 5.84 Å². The lowest BCUT2D eigenvalue weighted by Crippen LogP contribution is -2.40. The zero-order valence-electron chi connectivity index (χ0n) is 8.54. The van der Waals surface area contributed by atoms with Crippen LogP contribution in [0.3, 0.4) is 0 Å². The fourth-order valence-corrected chi connectivity index (χ4v) is 1.96. The highest BCUT2D eigenvalue weighted by Gasteiger charge is 2.36. The van der Waals surface area contributed by atoms with E-state index in [1.165, 1.54) is 6.34 Å². The van der Waals surface area contributed by atoms with Crippen LogP contribution in [-0.2, 0) is 0 Å². The van der Waals surface area contributed by atoms with E-state index in [4.69, 9.17) is 5.73 Å². The van der Waals surface area contributed by atoms with Crippen molar-refractivity contribution in [3.05, 3.63) is 35.9 Å². The molecule has 2 aliphatic rings. The Kier molecular flexibility index (Phi) is 1.96. The summed E-state index contributed by atoms with van der Waals surface area (Å²) in [5.74, 6) is 0.514. The van der Waals surface area contributed by atoms with Gasteiger partial charge in [0.1, 0.15) is 18.1 Å². The Balaban J connectivity index is 1.99. The molecular formula is C11H11N5. The van der Waals surface area contributed by atoms with Gasteiger partial charge in [-0.2, -0.15) is 5.10 Å². The number of nitrogens with zero attached hydrogens (tertiary/aromatic N) is 3. The van der Waals surface area contributed by atoms with Gasteiger partial charge in [-0.05, 0) is 5.56 Å². The second-order valence-electron chi connectivity index (χ2n) is 3.73. The van der Waals surface area contributed by atoms with Crippen molar-refractivity contribution in [1.82, 2.24) is 5.43 Å². The smallest absolute Gasteiger partial charge is 0.151 e. The fourth-order valence-electron chi connectivity index (χ4n) is 1.96. The van der Waals surface area contributed by atoms with Gasteiger partial charge in [0.15, 0.2) is 6.17 Å². The third-order valence-corrected chi connectivity index (χ3v) is 2.75. The second kappa shape index (κ2) is 3.44. The zero-order valence-corrected chi connectivity index (χ0v) is 8.54. The lowest BCUT2D eigenvalue weighted by atomic mass is 9.94. The number of rotatable bonds is 1. The van der Waals surface area contributed by atoms with Gasteiger partial charge in [-0.1, -0.05) is 30.3 Å². The molecule has 3 rings (SSSR count). The number of hydrazone groups is 1. The minimum atomic E-state index is -0.104. The number of nitrogens with one attached hydrogen (secondary N) is 1. The average molecular weight is 213 g/mol. The van der Waals surface area contributed by atoms with Crippen LogP contribution in [0.1, 0.15) is 5.56 Å². The lowest BCUT2D eigenvalue weighted by Gasteiger charge is -2.19. The second-order valence-corrected chi connectivity index (χ2v) is 3.73. The van der Waals surface area contributed by atoms with Crippen LogP contribution < -0.4 is 11.2 Å². The van der Waals surface area contributed by atoms with Crippen molar-refractivity contribution in [3.8, 4) is 0 Å². The first-order chi connectivity index (χ1) is 7.86. The van der Waals surface area contributed by atoms with Crippen molar-refractivity contribution in [2.24, 2.45) is 26.7 Å². The molecule has 2 aliphatic heterocycles. The van der Waals surface area contributed by atoms with E-state index < -0.39 is 0 Å². The molecule has 5 heteroatoms. The summed E-state index contributed by atoms with van der Waals surface area (Å²) in [7, 11) is 0. The third kappa shape index (κ3) is 1.29. The number of benzene rings is 1. The van der Waals surface area contributed by atoms with Gasteiger partial charge in [0.2, 0.25) is 0 Å².